The van der Waals surface area contributed by atoms with Gasteiger partial charge >= 0.3 is 5.97 Å². The summed E-state index contributed by atoms with van der Waals surface area (Å²) in [5, 5.41) is 20.3. The molecule has 0 saturated carbocycles. The molecule has 2 N–H and O–H groups in total. The van der Waals surface area contributed by atoms with Gasteiger partial charge in [0.1, 0.15) is 5.01 Å². The molecule has 1 aromatic rings. The summed E-state index contributed by atoms with van der Waals surface area (Å²) in [4.78, 5) is 10.1. The van der Waals surface area contributed by atoms with Crippen LogP contribution < -0.4 is 5.32 Å². The van der Waals surface area contributed by atoms with Gasteiger partial charge in [-0.3, -0.25) is 4.79 Å². The molecular formula is C6H9N3O2S. The molecule has 0 aliphatic heterocycles. The van der Waals surface area contributed by atoms with Crippen LogP contribution in [-0.2, 0) is 4.79 Å². The molecule has 0 aliphatic carbocycles. The first-order valence-electron chi connectivity index (χ1n) is 3.44. The summed E-state index contributed by atoms with van der Waals surface area (Å²) in [7, 11) is 0. The van der Waals surface area contributed by atoms with Crippen molar-refractivity contribution >= 4 is 22.4 Å². The molecule has 0 atom stereocenters. The van der Waals surface area contributed by atoms with Gasteiger partial charge in [-0.05, 0) is 6.92 Å². The monoisotopic (exact) mass is 187 g/mol. The molecule has 1 rings (SSSR count). The van der Waals surface area contributed by atoms with Crippen molar-refractivity contribution in [1.82, 2.24) is 10.2 Å². The Kier molecular flexibility index (Phi) is 2.98. The number of anilines is 1. The molecule has 66 valence electrons. The quantitative estimate of drug-likeness (QED) is 0.726. The number of hydrogen-bond donors (Lipinski definition) is 2. The van der Waals surface area contributed by atoms with Crippen molar-refractivity contribution in [3.05, 3.63) is 5.01 Å². The maximum absolute atomic E-state index is 10.1. The zero-order chi connectivity index (χ0) is 8.97. The Balaban J connectivity index is 2.29. The van der Waals surface area contributed by atoms with E-state index in [-0.39, 0.29) is 6.42 Å². The molecule has 0 aromatic carbocycles. The third kappa shape index (κ3) is 2.83. The molecule has 6 heteroatoms. The third-order valence-corrected chi connectivity index (χ3v) is 1.94. The van der Waals surface area contributed by atoms with Crippen molar-refractivity contribution in [3.63, 3.8) is 0 Å². The minimum absolute atomic E-state index is 0.0959. The standard InChI is InChI=1S/C6H9N3O2S/c1-4-8-9-6(12-4)7-3-2-5(10)11/h2-3H2,1H3,(H,7,9)(H,10,11). The van der Waals surface area contributed by atoms with Crippen molar-refractivity contribution in [2.45, 2.75) is 13.3 Å². The number of nitrogens with zero attached hydrogens (tertiary/aromatic N) is 2. The molecule has 0 aliphatic rings. The second kappa shape index (κ2) is 4.01. The van der Waals surface area contributed by atoms with Crippen LogP contribution in [0.2, 0.25) is 0 Å². The number of aromatic nitrogens is 2. The van der Waals surface area contributed by atoms with Gasteiger partial charge in [0.15, 0.2) is 0 Å². The number of carbonyl (C=O) groups is 1. The lowest BCUT2D eigenvalue weighted by Crippen LogP contribution is -2.07. The van der Waals surface area contributed by atoms with Crippen LogP contribution in [-0.4, -0.2) is 27.8 Å². The van der Waals surface area contributed by atoms with Gasteiger partial charge in [0.05, 0.1) is 6.42 Å². The van der Waals surface area contributed by atoms with Gasteiger partial charge in [-0.2, -0.15) is 0 Å². The Morgan fingerprint density at radius 1 is 1.67 bits per heavy atom. The van der Waals surface area contributed by atoms with Gasteiger partial charge in [-0.15, -0.1) is 10.2 Å². The SMILES string of the molecule is Cc1nnc(NCCC(=O)O)s1. The van der Waals surface area contributed by atoms with Crippen LogP contribution >= 0.6 is 11.3 Å². The molecule has 1 heterocycles. The Morgan fingerprint density at radius 3 is 2.92 bits per heavy atom. The molecular weight excluding hydrogens is 178 g/mol. The predicted molar refractivity (Wildman–Crippen MR) is 45.4 cm³/mol. The Morgan fingerprint density at radius 2 is 2.42 bits per heavy atom. The molecule has 12 heavy (non-hydrogen) atoms. The summed E-state index contributed by atoms with van der Waals surface area (Å²) < 4.78 is 0. The zero-order valence-corrected chi connectivity index (χ0v) is 7.39. The van der Waals surface area contributed by atoms with Crippen molar-refractivity contribution in [2.24, 2.45) is 0 Å². The van der Waals surface area contributed by atoms with Crippen LogP contribution in [0.3, 0.4) is 0 Å². The van der Waals surface area contributed by atoms with E-state index in [0.29, 0.717) is 11.7 Å². The van der Waals surface area contributed by atoms with Gasteiger partial charge < -0.3 is 10.4 Å². The number of aryl methyl sites for hydroxylation is 1. The van der Waals surface area contributed by atoms with Crippen molar-refractivity contribution in [1.29, 1.82) is 0 Å². The Bertz CT molecular complexity index is 274. The van der Waals surface area contributed by atoms with Crippen molar-refractivity contribution in [3.8, 4) is 0 Å². The smallest absolute Gasteiger partial charge is 0.305 e. The van der Waals surface area contributed by atoms with Crippen LogP contribution in [0.5, 0.6) is 0 Å². The van der Waals surface area contributed by atoms with Gasteiger partial charge in [0, 0.05) is 6.54 Å². The minimum atomic E-state index is -0.816. The van der Waals surface area contributed by atoms with E-state index in [2.05, 4.69) is 15.5 Å². The average Bonchev–Trinajstić information content (AvgIpc) is 2.35. The van der Waals surface area contributed by atoms with E-state index < -0.39 is 5.97 Å². The average molecular weight is 187 g/mol. The molecule has 0 amide bonds. The normalized spacial score (nSPS) is 9.75. The highest BCUT2D eigenvalue weighted by Crippen LogP contribution is 2.12. The van der Waals surface area contributed by atoms with E-state index in [1.807, 2.05) is 6.92 Å². The maximum Gasteiger partial charge on any atom is 0.305 e. The maximum atomic E-state index is 10.1. The first-order valence-corrected chi connectivity index (χ1v) is 4.26. The summed E-state index contributed by atoms with van der Waals surface area (Å²) in [6, 6.07) is 0. The Labute approximate surface area is 73.4 Å². The van der Waals surface area contributed by atoms with E-state index in [9.17, 15) is 4.79 Å². The van der Waals surface area contributed by atoms with Crippen molar-refractivity contribution in [2.75, 3.05) is 11.9 Å². The van der Waals surface area contributed by atoms with E-state index >= 15 is 0 Å². The van der Waals surface area contributed by atoms with E-state index in [1.54, 1.807) is 0 Å². The number of carboxylic acid groups (broad SMARTS) is 1. The molecule has 0 bridgehead atoms. The van der Waals surface area contributed by atoms with Crippen molar-refractivity contribution < 1.29 is 9.90 Å². The Hall–Kier alpha value is -1.17. The molecule has 0 saturated heterocycles. The third-order valence-electron chi connectivity index (χ3n) is 1.14. The van der Waals surface area contributed by atoms with Crippen LogP contribution in [0.1, 0.15) is 11.4 Å². The minimum Gasteiger partial charge on any atom is -0.481 e. The second-order valence-electron chi connectivity index (χ2n) is 2.20. The fourth-order valence-corrected chi connectivity index (χ4v) is 1.26. The number of nitrogens with one attached hydrogen (secondary N) is 1. The molecule has 5 nitrogen and oxygen atoms in total. The lowest BCUT2D eigenvalue weighted by atomic mass is 10.4. The van der Waals surface area contributed by atoms with Gasteiger partial charge in [-0.1, -0.05) is 11.3 Å². The van der Waals surface area contributed by atoms with Crippen LogP contribution in [0.4, 0.5) is 5.13 Å². The lowest BCUT2D eigenvalue weighted by Gasteiger charge is -1.96. The largest absolute Gasteiger partial charge is 0.481 e. The summed E-state index contributed by atoms with van der Waals surface area (Å²) in [6.45, 7) is 2.24. The van der Waals surface area contributed by atoms with E-state index in [4.69, 9.17) is 5.11 Å². The van der Waals surface area contributed by atoms with Crippen LogP contribution in [0.15, 0.2) is 0 Å². The summed E-state index contributed by atoms with van der Waals surface area (Å²) >= 11 is 1.41. The molecule has 0 spiro atoms. The zero-order valence-electron chi connectivity index (χ0n) is 6.57. The summed E-state index contributed by atoms with van der Waals surface area (Å²) in [5.74, 6) is -0.816. The number of aliphatic carboxylic acids is 1. The first-order chi connectivity index (χ1) is 5.68. The summed E-state index contributed by atoms with van der Waals surface area (Å²) in [6.07, 6.45) is 0.0959. The predicted octanol–water partition coefficient (Wildman–Crippen LogP) is 0.733. The van der Waals surface area contributed by atoms with Crippen LogP contribution in [0.25, 0.3) is 0 Å². The van der Waals surface area contributed by atoms with Crippen LogP contribution in [0, 0.1) is 6.92 Å². The van der Waals surface area contributed by atoms with E-state index in [1.165, 1.54) is 11.3 Å². The highest BCUT2D eigenvalue weighted by molar-refractivity contribution is 7.15. The second-order valence-corrected chi connectivity index (χ2v) is 3.38. The number of rotatable bonds is 4. The van der Waals surface area contributed by atoms with Gasteiger partial charge in [0.2, 0.25) is 5.13 Å². The lowest BCUT2D eigenvalue weighted by molar-refractivity contribution is -0.136. The topological polar surface area (TPSA) is 75.1 Å². The highest BCUT2D eigenvalue weighted by Gasteiger charge is 2.00. The fourth-order valence-electron chi connectivity index (χ4n) is 0.644. The number of carboxylic acids is 1. The summed E-state index contributed by atoms with van der Waals surface area (Å²) in [5.41, 5.74) is 0. The molecule has 0 fully saturated rings. The number of hydrogen-bond acceptors (Lipinski definition) is 5. The van der Waals surface area contributed by atoms with Gasteiger partial charge in [0.25, 0.3) is 0 Å². The first kappa shape index (κ1) is 8.92. The molecule has 0 radical (unpaired) electrons. The van der Waals surface area contributed by atoms with Gasteiger partial charge in [-0.25, -0.2) is 0 Å². The molecule has 1 aromatic heterocycles. The van der Waals surface area contributed by atoms with E-state index in [0.717, 1.165) is 5.01 Å². The fraction of sp³-hybridized carbons (Fsp3) is 0.500. The molecule has 0 unspecified atom stereocenters. The highest BCUT2D eigenvalue weighted by atomic mass is 32.1.